The van der Waals surface area contributed by atoms with Crippen LogP contribution in [0.25, 0.3) is 0 Å². The molecule has 96 valence electrons. The molecule has 0 radical (unpaired) electrons. The molecule has 2 rings (SSSR count). The lowest BCUT2D eigenvalue weighted by atomic mass is 9.85. The normalized spacial score (nSPS) is 18.8. The van der Waals surface area contributed by atoms with Gasteiger partial charge in [-0.1, -0.05) is 13.0 Å². The number of anilines is 1. The van der Waals surface area contributed by atoms with Crippen LogP contribution in [-0.4, -0.2) is 22.5 Å². The number of rotatable bonds is 4. The highest BCUT2D eigenvalue weighted by Crippen LogP contribution is 2.42. The molecule has 2 atom stereocenters. The molecule has 0 spiro atoms. The number of nitro groups is 1. The van der Waals surface area contributed by atoms with Crippen molar-refractivity contribution in [2.24, 2.45) is 5.92 Å². The minimum Gasteiger partial charge on any atom is -0.481 e. The Bertz CT molecular complexity index is 501. The van der Waals surface area contributed by atoms with Crippen LogP contribution in [0, 0.1) is 16.0 Å². The first kappa shape index (κ1) is 12.3. The van der Waals surface area contributed by atoms with E-state index in [2.05, 4.69) is 5.32 Å². The van der Waals surface area contributed by atoms with Crippen LogP contribution < -0.4 is 5.32 Å². The number of fused-ring (bicyclic) bond motifs is 1. The Morgan fingerprint density at radius 1 is 1.67 bits per heavy atom. The van der Waals surface area contributed by atoms with Gasteiger partial charge in [0.1, 0.15) is 0 Å². The highest BCUT2D eigenvalue weighted by atomic mass is 16.6. The first-order valence-electron chi connectivity index (χ1n) is 5.80. The van der Waals surface area contributed by atoms with Crippen LogP contribution >= 0.6 is 0 Å². The molecule has 6 heteroatoms. The topological polar surface area (TPSA) is 92.5 Å². The largest absolute Gasteiger partial charge is 0.481 e. The van der Waals surface area contributed by atoms with Crippen molar-refractivity contribution < 1.29 is 14.8 Å². The van der Waals surface area contributed by atoms with Crippen LogP contribution in [-0.2, 0) is 4.79 Å². The SMILES string of the molecule is CCC(C(=O)O)C1CNc2cccc([N+](=O)[O-])c21. The van der Waals surface area contributed by atoms with Crippen LogP contribution in [0.4, 0.5) is 11.4 Å². The lowest BCUT2D eigenvalue weighted by molar-refractivity contribution is -0.385. The lowest BCUT2D eigenvalue weighted by Gasteiger charge is -2.17. The fourth-order valence-corrected chi connectivity index (χ4v) is 2.55. The fraction of sp³-hybridized carbons (Fsp3) is 0.417. The summed E-state index contributed by atoms with van der Waals surface area (Å²) < 4.78 is 0. The average Bonchev–Trinajstić information content (AvgIpc) is 2.73. The Morgan fingerprint density at radius 3 is 2.94 bits per heavy atom. The van der Waals surface area contributed by atoms with E-state index in [9.17, 15) is 20.0 Å². The van der Waals surface area contributed by atoms with Gasteiger partial charge in [-0.2, -0.15) is 0 Å². The van der Waals surface area contributed by atoms with Gasteiger partial charge in [-0.05, 0) is 12.5 Å². The van der Waals surface area contributed by atoms with Crippen molar-refractivity contribution in [2.45, 2.75) is 19.3 Å². The van der Waals surface area contributed by atoms with Gasteiger partial charge in [-0.15, -0.1) is 0 Å². The summed E-state index contributed by atoms with van der Waals surface area (Å²) in [6.07, 6.45) is 0.452. The Kier molecular flexibility index (Phi) is 3.18. The van der Waals surface area contributed by atoms with E-state index in [0.717, 1.165) is 0 Å². The number of carboxylic acids is 1. The van der Waals surface area contributed by atoms with E-state index in [1.54, 1.807) is 19.1 Å². The molecule has 18 heavy (non-hydrogen) atoms. The van der Waals surface area contributed by atoms with Crippen molar-refractivity contribution in [3.63, 3.8) is 0 Å². The molecule has 0 amide bonds. The Hall–Kier alpha value is -2.11. The summed E-state index contributed by atoms with van der Waals surface area (Å²) in [5.41, 5.74) is 1.20. The predicted octanol–water partition coefficient (Wildman–Crippen LogP) is 2.21. The maximum absolute atomic E-state index is 11.2. The third kappa shape index (κ3) is 1.90. The first-order chi connectivity index (χ1) is 8.56. The molecule has 1 aromatic carbocycles. The van der Waals surface area contributed by atoms with E-state index in [0.29, 0.717) is 24.2 Å². The summed E-state index contributed by atoms with van der Waals surface area (Å²) in [6, 6.07) is 4.78. The van der Waals surface area contributed by atoms with Crippen LogP contribution in [0.2, 0.25) is 0 Å². The van der Waals surface area contributed by atoms with Crippen molar-refractivity contribution in [3.05, 3.63) is 33.9 Å². The number of carbonyl (C=O) groups is 1. The van der Waals surface area contributed by atoms with Crippen molar-refractivity contribution >= 4 is 17.3 Å². The molecule has 0 aromatic heterocycles. The van der Waals surface area contributed by atoms with Gasteiger partial charge >= 0.3 is 5.97 Å². The number of nitrogens with one attached hydrogen (secondary N) is 1. The molecule has 2 N–H and O–H groups in total. The number of hydrogen-bond acceptors (Lipinski definition) is 4. The van der Waals surface area contributed by atoms with Gasteiger partial charge in [-0.3, -0.25) is 14.9 Å². The monoisotopic (exact) mass is 250 g/mol. The summed E-state index contributed by atoms with van der Waals surface area (Å²) in [5.74, 6) is -1.85. The summed E-state index contributed by atoms with van der Waals surface area (Å²) in [5, 5.41) is 23.3. The zero-order valence-electron chi connectivity index (χ0n) is 9.92. The van der Waals surface area contributed by atoms with Crippen molar-refractivity contribution in [3.8, 4) is 0 Å². The molecule has 0 saturated carbocycles. The van der Waals surface area contributed by atoms with Gasteiger partial charge < -0.3 is 10.4 Å². The molecule has 0 saturated heterocycles. The van der Waals surface area contributed by atoms with Gasteiger partial charge in [-0.25, -0.2) is 0 Å². The second-order valence-corrected chi connectivity index (χ2v) is 4.34. The van der Waals surface area contributed by atoms with Gasteiger partial charge in [0.15, 0.2) is 0 Å². The Morgan fingerprint density at radius 2 is 2.39 bits per heavy atom. The van der Waals surface area contributed by atoms with E-state index in [4.69, 9.17) is 0 Å². The molecular weight excluding hydrogens is 236 g/mol. The van der Waals surface area contributed by atoms with Crippen molar-refractivity contribution in [1.82, 2.24) is 0 Å². The summed E-state index contributed by atoms with van der Waals surface area (Å²) in [7, 11) is 0. The minimum absolute atomic E-state index is 0.00204. The number of nitro benzene ring substituents is 1. The molecule has 1 aromatic rings. The molecule has 0 bridgehead atoms. The second-order valence-electron chi connectivity index (χ2n) is 4.34. The van der Waals surface area contributed by atoms with Crippen LogP contribution in [0.3, 0.4) is 0 Å². The zero-order chi connectivity index (χ0) is 13.3. The van der Waals surface area contributed by atoms with E-state index < -0.39 is 16.8 Å². The number of carboxylic acid groups (broad SMARTS) is 1. The van der Waals surface area contributed by atoms with E-state index in [1.165, 1.54) is 6.07 Å². The maximum atomic E-state index is 11.2. The number of hydrogen-bond donors (Lipinski definition) is 2. The predicted molar refractivity (Wildman–Crippen MR) is 65.7 cm³/mol. The number of aliphatic carboxylic acids is 1. The minimum atomic E-state index is -0.907. The van der Waals surface area contributed by atoms with Gasteiger partial charge in [0.2, 0.25) is 0 Å². The average molecular weight is 250 g/mol. The highest BCUT2D eigenvalue weighted by molar-refractivity contribution is 5.75. The summed E-state index contributed by atoms with van der Waals surface area (Å²) in [4.78, 5) is 21.8. The third-order valence-corrected chi connectivity index (χ3v) is 3.41. The maximum Gasteiger partial charge on any atom is 0.307 e. The molecule has 1 heterocycles. The highest BCUT2D eigenvalue weighted by Gasteiger charge is 2.37. The van der Waals surface area contributed by atoms with Crippen LogP contribution in [0.5, 0.6) is 0 Å². The lowest BCUT2D eigenvalue weighted by Crippen LogP contribution is -2.23. The molecule has 2 unspecified atom stereocenters. The van der Waals surface area contributed by atoms with Crippen LogP contribution in [0.15, 0.2) is 18.2 Å². The number of nitrogens with zero attached hydrogens (tertiary/aromatic N) is 1. The summed E-state index contributed by atoms with van der Waals surface area (Å²) in [6.45, 7) is 2.22. The quantitative estimate of drug-likeness (QED) is 0.631. The van der Waals surface area contributed by atoms with E-state index >= 15 is 0 Å². The smallest absolute Gasteiger partial charge is 0.307 e. The van der Waals surface area contributed by atoms with E-state index in [1.807, 2.05) is 0 Å². The fourth-order valence-electron chi connectivity index (χ4n) is 2.55. The summed E-state index contributed by atoms with van der Waals surface area (Å²) >= 11 is 0. The second kappa shape index (κ2) is 4.64. The number of benzene rings is 1. The first-order valence-corrected chi connectivity index (χ1v) is 5.80. The van der Waals surface area contributed by atoms with Crippen molar-refractivity contribution in [1.29, 1.82) is 0 Å². The van der Waals surface area contributed by atoms with Gasteiger partial charge in [0.25, 0.3) is 5.69 Å². The molecular formula is C12H14N2O4. The van der Waals surface area contributed by atoms with Crippen molar-refractivity contribution in [2.75, 3.05) is 11.9 Å². The molecule has 0 fully saturated rings. The zero-order valence-corrected chi connectivity index (χ0v) is 9.92. The van der Waals surface area contributed by atoms with Gasteiger partial charge in [0, 0.05) is 24.2 Å². The molecule has 0 aliphatic carbocycles. The Balaban J connectivity index is 2.48. The molecule has 1 aliphatic rings. The molecule has 1 aliphatic heterocycles. The standard InChI is InChI=1S/C12H14N2O4/c1-2-7(12(15)16)8-6-13-9-4-3-5-10(11(8)9)14(17)18/h3-5,7-8,13H,2,6H2,1H3,(H,15,16). The van der Waals surface area contributed by atoms with Crippen LogP contribution in [0.1, 0.15) is 24.8 Å². The Labute approximate surface area is 104 Å². The van der Waals surface area contributed by atoms with E-state index in [-0.39, 0.29) is 11.6 Å². The third-order valence-electron chi connectivity index (χ3n) is 3.41. The molecule has 6 nitrogen and oxygen atoms in total. The van der Waals surface area contributed by atoms with Gasteiger partial charge in [0.05, 0.1) is 16.4 Å².